The molecule has 1 fully saturated rings. The van der Waals surface area contributed by atoms with Crippen molar-refractivity contribution in [2.45, 2.75) is 65.1 Å². The Labute approximate surface area is 214 Å². The van der Waals surface area contributed by atoms with Crippen molar-refractivity contribution in [3.05, 3.63) is 59.2 Å². The van der Waals surface area contributed by atoms with Crippen LogP contribution in [0.1, 0.15) is 49.3 Å². The summed E-state index contributed by atoms with van der Waals surface area (Å²) in [6.45, 7) is 5.17. The molecule has 0 unspecified atom stereocenters. The molecular formula is C27H37N3O5S. The van der Waals surface area contributed by atoms with Crippen LogP contribution in [0.4, 0.5) is 5.69 Å². The van der Waals surface area contributed by atoms with Crippen LogP contribution in [0.3, 0.4) is 0 Å². The van der Waals surface area contributed by atoms with Crippen LogP contribution in [0.25, 0.3) is 0 Å². The van der Waals surface area contributed by atoms with Crippen molar-refractivity contribution in [3.8, 4) is 5.75 Å². The van der Waals surface area contributed by atoms with E-state index < -0.39 is 28.5 Å². The summed E-state index contributed by atoms with van der Waals surface area (Å²) in [7, 11) is -2.20. The van der Waals surface area contributed by atoms with Gasteiger partial charge in [0, 0.05) is 12.6 Å². The number of hydrogen-bond acceptors (Lipinski definition) is 5. The van der Waals surface area contributed by atoms with E-state index in [1.807, 2.05) is 32.0 Å². The Hall–Kier alpha value is -3.07. The topological polar surface area (TPSA) is 96.0 Å². The molecule has 3 rings (SSSR count). The zero-order valence-corrected chi connectivity index (χ0v) is 22.6. The number of benzene rings is 2. The Bertz CT molecular complexity index is 1170. The van der Waals surface area contributed by atoms with Gasteiger partial charge in [-0.2, -0.15) is 0 Å². The Morgan fingerprint density at radius 2 is 1.72 bits per heavy atom. The summed E-state index contributed by atoms with van der Waals surface area (Å²) < 4.78 is 31.9. The zero-order valence-electron chi connectivity index (χ0n) is 21.8. The van der Waals surface area contributed by atoms with Gasteiger partial charge in [0.05, 0.1) is 19.1 Å². The average Bonchev–Trinajstić information content (AvgIpc) is 3.32. The van der Waals surface area contributed by atoms with Crippen molar-refractivity contribution in [1.29, 1.82) is 0 Å². The Kier molecular flexibility index (Phi) is 9.00. The predicted octanol–water partition coefficient (Wildman–Crippen LogP) is 3.55. The molecule has 1 saturated carbocycles. The number of methoxy groups -OCH3 is 1. The predicted molar refractivity (Wildman–Crippen MR) is 142 cm³/mol. The van der Waals surface area contributed by atoms with Crippen LogP contribution in [0.5, 0.6) is 5.75 Å². The van der Waals surface area contributed by atoms with E-state index in [0.717, 1.165) is 52.9 Å². The third-order valence-corrected chi connectivity index (χ3v) is 7.67. The van der Waals surface area contributed by atoms with Crippen molar-refractivity contribution >= 4 is 27.5 Å². The van der Waals surface area contributed by atoms with E-state index >= 15 is 0 Å². The number of ether oxygens (including phenoxy) is 1. The summed E-state index contributed by atoms with van der Waals surface area (Å²) in [4.78, 5) is 28.3. The normalized spacial score (nSPS) is 14.8. The van der Waals surface area contributed by atoms with Gasteiger partial charge in [0.1, 0.15) is 18.3 Å². The van der Waals surface area contributed by atoms with Gasteiger partial charge in [0.2, 0.25) is 21.8 Å². The second-order valence-corrected chi connectivity index (χ2v) is 11.6. The summed E-state index contributed by atoms with van der Waals surface area (Å²) in [5.74, 6) is -0.0668. The van der Waals surface area contributed by atoms with Gasteiger partial charge >= 0.3 is 0 Å². The smallest absolute Gasteiger partial charge is 0.244 e. The Morgan fingerprint density at radius 3 is 2.31 bits per heavy atom. The van der Waals surface area contributed by atoms with E-state index in [4.69, 9.17) is 4.74 Å². The molecular weight excluding hydrogens is 478 g/mol. The highest BCUT2D eigenvalue weighted by atomic mass is 32.2. The number of sulfonamides is 1. The number of nitrogens with one attached hydrogen (secondary N) is 1. The fourth-order valence-corrected chi connectivity index (χ4v) is 5.48. The van der Waals surface area contributed by atoms with Crippen LogP contribution in [0, 0.1) is 13.8 Å². The van der Waals surface area contributed by atoms with Crippen LogP contribution in [0.2, 0.25) is 0 Å². The molecule has 8 nitrogen and oxygen atoms in total. The van der Waals surface area contributed by atoms with E-state index in [9.17, 15) is 18.0 Å². The maximum atomic E-state index is 13.7. The van der Waals surface area contributed by atoms with Gasteiger partial charge < -0.3 is 15.0 Å². The zero-order chi connectivity index (χ0) is 26.5. The third-order valence-electron chi connectivity index (χ3n) is 6.53. The standard InChI is InChI=1S/C27H37N3O5S/c1-19-13-20(2)15-24(14-19)30(36(5,33)34)18-26(31)29(17-22-9-8-12-25(16-22)35-4)21(3)27(32)28-23-10-6-7-11-23/h8-9,12-16,21,23H,6-7,10-11,17-18H2,1-5H3,(H,28,32)/t21-/m1/s1. The fourth-order valence-electron chi connectivity index (χ4n) is 4.65. The van der Waals surface area contributed by atoms with E-state index in [0.29, 0.717) is 11.4 Å². The molecule has 1 atom stereocenters. The van der Waals surface area contributed by atoms with Crippen LogP contribution < -0.4 is 14.4 Å². The molecule has 0 radical (unpaired) electrons. The van der Waals surface area contributed by atoms with Crippen LogP contribution >= 0.6 is 0 Å². The average molecular weight is 516 g/mol. The number of aryl methyl sites for hydroxylation is 2. The summed E-state index contributed by atoms with van der Waals surface area (Å²) in [6, 6.07) is 12.0. The summed E-state index contributed by atoms with van der Waals surface area (Å²) in [5.41, 5.74) is 2.99. The van der Waals surface area contributed by atoms with Gasteiger partial charge in [0.15, 0.2) is 0 Å². The van der Waals surface area contributed by atoms with E-state index in [1.54, 1.807) is 38.3 Å². The minimum atomic E-state index is -3.76. The number of hydrogen-bond donors (Lipinski definition) is 1. The maximum absolute atomic E-state index is 13.7. The SMILES string of the molecule is COc1cccc(CN(C(=O)CN(c2cc(C)cc(C)c2)S(C)(=O)=O)[C@H](C)C(=O)NC2CCCC2)c1. The second-order valence-electron chi connectivity index (χ2n) is 9.65. The molecule has 1 N–H and O–H groups in total. The molecule has 0 aliphatic heterocycles. The van der Waals surface area contributed by atoms with Crippen LogP contribution in [-0.2, 0) is 26.2 Å². The third kappa shape index (κ3) is 7.22. The molecule has 0 aromatic heterocycles. The summed E-state index contributed by atoms with van der Waals surface area (Å²) >= 11 is 0. The number of anilines is 1. The quantitative estimate of drug-likeness (QED) is 0.522. The number of rotatable bonds is 10. The summed E-state index contributed by atoms with van der Waals surface area (Å²) in [6.07, 6.45) is 5.09. The first kappa shape index (κ1) is 27.5. The maximum Gasteiger partial charge on any atom is 0.244 e. The minimum Gasteiger partial charge on any atom is -0.497 e. The molecule has 0 saturated heterocycles. The lowest BCUT2D eigenvalue weighted by atomic mass is 10.1. The van der Waals surface area contributed by atoms with Gasteiger partial charge in [-0.25, -0.2) is 8.42 Å². The monoisotopic (exact) mass is 515 g/mol. The van der Waals surface area contributed by atoms with E-state index in [2.05, 4.69) is 5.32 Å². The van der Waals surface area contributed by atoms with Crippen molar-refractivity contribution < 1.29 is 22.7 Å². The molecule has 36 heavy (non-hydrogen) atoms. The van der Waals surface area contributed by atoms with Gasteiger partial charge in [-0.1, -0.05) is 31.0 Å². The van der Waals surface area contributed by atoms with E-state index in [1.165, 1.54) is 4.90 Å². The highest BCUT2D eigenvalue weighted by Gasteiger charge is 2.31. The van der Waals surface area contributed by atoms with Crippen molar-refractivity contribution in [3.63, 3.8) is 0 Å². The molecule has 9 heteroatoms. The Morgan fingerprint density at radius 1 is 1.08 bits per heavy atom. The van der Waals surface area contributed by atoms with Gasteiger partial charge in [-0.3, -0.25) is 13.9 Å². The molecule has 0 heterocycles. The first-order chi connectivity index (χ1) is 17.0. The van der Waals surface area contributed by atoms with E-state index in [-0.39, 0.29) is 18.5 Å². The molecule has 0 bridgehead atoms. The lowest BCUT2D eigenvalue weighted by molar-refractivity contribution is -0.139. The second kappa shape index (κ2) is 11.8. The number of nitrogens with zero attached hydrogens (tertiary/aromatic N) is 2. The fraction of sp³-hybridized carbons (Fsp3) is 0.481. The molecule has 1 aliphatic carbocycles. The van der Waals surface area contributed by atoms with Crippen LogP contribution in [0.15, 0.2) is 42.5 Å². The molecule has 2 aromatic rings. The number of carbonyl (C=O) groups excluding carboxylic acids is 2. The summed E-state index contributed by atoms with van der Waals surface area (Å²) in [5, 5.41) is 3.06. The van der Waals surface area contributed by atoms with Crippen molar-refractivity contribution in [1.82, 2.24) is 10.2 Å². The first-order valence-corrected chi connectivity index (χ1v) is 14.1. The molecule has 196 valence electrons. The molecule has 2 amide bonds. The van der Waals surface area contributed by atoms with Gasteiger partial charge in [-0.05, 0) is 74.6 Å². The Balaban J connectivity index is 1.91. The lowest BCUT2D eigenvalue weighted by Crippen LogP contribution is -2.52. The highest BCUT2D eigenvalue weighted by Crippen LogP contribution is 2.23. The minimum absolute atomic E-state index is 0.108. The van der Waals surface area contributed by atoms with Crippen molar-refractivity contribution in [2.75, 3.05) is 24.2 Å². The largest absolute Gasteiger partial charge is 0.497 e. The first-order valence-electron chi connectivity index (χ1n) is 12.3. The highest BCUT2D eigenvalue weighted by molar-refractivity contribution is 7.92. The van der Waals surface area contributed by atoms with Gasteiger partial charge in [0.25, 0.3) is 0 Å². The van der Waals surface area contributed by atoms with Gasteiger partial charge in [-0.15, -0.1) is 0 Å². The van der Waals surface area contributed by atoms with Crippen LogP contribution in [-0.4, -0.2) is 57.1 Å². The number of amides is 2. The molecule has 1 aliphatic rings. The van der Waals surface area contributed by atoms with Crippen molar-refractivity contribution in [2.24, 2.45) is 0 Å². The number of carbonyl (C=O) groups is 2. The molecule has 2 aromatic carbocycles. The molecule has 0 spiro atoms. The lowest BCUT2D eigenvalue weighted by Gasteiger charge is -2.32.